The van der Waals surface area contributed by atoms with Gasteiger partial charge in [-0.15, -0.1) is 0 Å². The Hall–Kier alpha value is -0.330. The third-order valence-corrected chi connectivity index (χ3v) is 4.61. The van der Waals surface area contributed by atoms with E-state index in [0.717, 1.165) is 19.3 Å². The second kappa shape index (κ2) is 7.09. The lowest BCUT2D eigenvalue weighted by atomic mass is 9.85. The van der Waals surface area contributed by atoms with E-state index >= 15 is 0 Å². The SMILES string of the molecule is CNC1(CO)CCCC1CCN(CC(F)(F)F)C(C)C. The van der Waals surface area contributed by atoms with E-state index in [1.165, 1.54) is 4.90 Å². The number of nitrogens with one attached hydrogen (secondary N) is 1. The van der Waals surface area contributed by atoms with Crippen LogP contribution >= 0.6 is 0 Å². The molecular weight excluding hydrogens is 269 g/mol. The molecule has 0 heterocycles. The van der Waals surface area contributed by atoms with E-state index in [-0.39, 0.29) is 24.1 Å². The standard InChI is InChI=1S/C14H27F3N2O/c1-11(2)19(9-14(15,16)17)8-6-12-5-4-7-13(12,10-20)18-3/h11-12,18,20H,4-10H2,1-3H3. The van der Waals surface area contributed by atoms with E-state index in [1.807, 2.05) is 7.05 Å². The van der Waals surface area contributed by atoms with Gasteiger partial charge >= 0.3 is 6.18 Å². The normalized spacial score (nSPS) is 27.8. The molecule has 1 rings (SSSR count). The van der Waals surface area contributed by atoms with Crippen molar-refractivity contribution in [3.63, 3.8) is 0 Å². The first kappa shape index (κ1) is 17.7. The Bertz CT molecular complexity index is 291. The first-order valence-corrected chi connectivity index (χ1v) is 7.34. The van der Waals surface area contributed by atoms with Crippen LogP contribution in [-0.4, -0.2) is 54.5 Å². The largest absolute Gasteiger partial charge is 0.401 e. The fourth-order valence-electron chi connectivity index (χ4n) is 3.25. The van der Waals surface area contributed by atoms with Crippen LogP contribution in [-0.2, 0) is 0 Å². The van der Waals surface area contributed by atoms with Crippen molar-refractivity contribution in [3.8, 4) is 0 Å². The summed E-state index contributed by atoms with van der Waals surface area (Å²) >= 11 is 0. The van der Waals surface area contributed by atoms with Gasteiger partial charge in [-0.2, -0.15) is 13.2 Å². The average Bonchev–Trinajstić information content (AvgIpc) is 2.76. The molecule has 120 valence electrons. The van der Waals surface area contributed by atoms with Crippen LogP contribution in [0.5, 0.6) is 0 Å². The maximum absolute atomic E-state index is 12.6. The average molecular weight is 296 g/mol. The Balaban J connectivity index is 2.59. The van der Waals surface area contributed by atoms with E-state index in [9.17, 15) is 18.3 Å². The molecule has 0 radical (unpaired) electrons. The molecule has 0 aromatic carbocycles. The minimum Gasteiger partial charge on any atom is -0.394 e. The Labute approximate surface area is 119 Å². The summed E-state index contributed by atoms with van der Waals surface area (Å²) in [5, 5.41) is 12.8. The molecule has 2 atom stereocenters. The summed E-state index contributed by atoms with van der Waals surface area (Å²) in [4.78, 5) is 1.47. The van der Waals surface area contributed by atoms with Crippen LogP contribution in [0.2, 0.25) is 0 Å². The molecule has 0 bridgehead atoms. The third kappa shape index (κ3) is 4.60. The smallest absolute Gasteiger partial charge is 0.394 e. The molecule has 1 aliphatic carbocycles. The molecule has 0 aromatic rings. The first-order valence-electron chi connectivity index (χ1n) is 7.34. The van der Waals surface area contributed by atoms with Crippen molar-refractivity contribution < 1.29 is 18.3 Å². The molecule has 0 saturated heterocycles. The zero-order valence-corrected chi connectivity index (χ0v) is 12.6. The highest BCUT2D eigenvalue weighted by Crippen LogP contribution is 2.37. The summed E-state index contributed by atoms with van der Waals surface area (Å²) in [6, 6.07) is -0.129. The number of aliphatic hydroxyl groups is 1. The van der Waals surface area contributed by atoms with E-state index in [1.54, 1.807) is 13.8 Å². The summed E-state index contributed by atoms with van der Waals surface area (Å²) < 4.78 is 37.7. The van der Waals surface area contributed by atoms with E-state index < -0.39 is 12.7 Å². The molecule has 20 heavy (non-hydrogen) atoms. The van der Waals surface area contributed by atoms with E-state index in [4.69, 9.17) is 0 Å². The van der Waals surface area contributed by atoms with Gasteiger partial charge in [-0.25, -0.2) is 0 Å². The summed E-state index contributed by atoms with van der Waals surface area (Å²) in [5.74, 6) is 0.243. The van der Waals surface area contributed by atoms with Gasteiger partial charge < -0.3 is 10.4 Å². The zero-order chi connectivity index (χ0) is 15.4. The van der Waals surface area contributed by atoms with Gasteiger partial charge in [-0.1, -0.05) is 6.42 Å². The number of hydrogen-bond acceptors (Lipinski definition) is 3. The molecular formula is C14H27F3N2O. The second-order valence-corrected chi connectivity index (χ2v) is 6.12. The van der Waals surface area contributed by atoms with Crippen molar-refractivity contribution in [1.82, 2.24) is 10.2 Å². The Morgan fingerprint density at radius 3 is 2.50 bits per heavy atom. The van der Waals surface area contributed by atoms with Crippen molar-refractivity contribution in [2.45, 2.75) is 57.3 Å². The number of aliphatic hydroxyl groups excluding tert-OH is 1. The Kier molecular flexibility index (Phi) is 6.28. The Morgan fingerprint density at radius 1 is 1.40 bits per heavy atom. The zero-order valence-electron chi connectivity index (χ0n) is 12.6. The van der Waals surface area contributed by atoms with Gasteiger partial charge in [0.25, 0.3) is 0 Å². The number of hydrogen-bond donors (Lipinski definition) is 2. The van der Waals surface area contributed by atoms with Crippen LogP contribution < -0.4 is 5.32 Å². The second-order valence-electron chi connectivity index (χ2n) is 6.12. The van der Waals surface area contributed by atoms with Crippen molar-refractivity contribution in [3.05, 3.63) is 0 Å². The van der Waals surface area contributed by atoms with E-state index in [0.29, 0.717) is 13.0 Å². The minimum atomic E-state index is -4.16. The van der Waals surface area contributed by atoms with Crippen molar-refractivity contribution in [1.29, 1.82) is 0 Å². The van der Waals surface area contributed by atoms with Crippen LogP contribution in [0.25, 0.3) is 0 Å². The van der Waals surface area contributed by atoms with Gasteiger partial charge in [0, 0.05) is 11.6 Å². The van der Waals surface area contributed by atoms with Gasteiger partial charge in [-0.05, 0) is 52.6 Å². The molecule has 2 unspecified atom stereocenters. The summed E-state index contributed by atoms with van der Waals surface area (Å²) in [6.45, 7) is 3.19. The lowest BCUT2D eigenvalue weighted by molar-refractivity contribution is -0.150. The Morgan fingerprint density at radius 2 is 2.05 bits per heavy atom. The number of rotatable bonds is 7. The molecule has 0 aliphatic heterocycles. The number of halogens is 3. The van der Waals surface area contributed by atoms with Gasteiger partial charge in [0.2, 0.25) is 0 Å². The number of alkyl halides is 3. The first-order chi connectivity index (χ1) is 9.24. The molecule has 1 saturated carbocycles. The fraction of sp³-hybridized carbons (Fsp3) is 1.00. The van der Waals surface area contributed by atoms with Crippen LogP contribution in [0.1, 0.15) is 39.5 Å². The van der Waals surface area contributed by atoms with Gasteiger partial charge in [0.05, 0.1) is 13.2 Å². The highest BCUT2D eigenvalue weighted by molar-refractivity contribution is 4.98. The maximum atomic E-state index is 12.6. The van der Waals surface area contributed by atoms with Crippen LogP contribution in [0.3, 0.4) is 0 Å². The predicted molar refractivity (Wildman–Crippen MR) is 73.6 cm³/mol. The predicted octanol–water partition coefficient (Wildman–Crippen LogP) is 2.40. The topological polar surface area (TPSA) is 35.5 Å². The third-order valence-electron chi connectivity index (χ3n) is 4.61. The quantitative estimate of drug-likeness (QED) is 0.757. The van der Waals surface area contributed by atoms with Crippen molar-refractivity contribution >= 4 is 0 Å². The van der Waals surface area contributed by atoms with Crippen LogP contribution in [0.15, 0.2) is 0 Å². The molecule has 1 aliphatic rings. The molecule has 0 amide bonds. The van der Waals surface area contributed by atoms with Crippen molar-refractivity contribution in [2.24, 2.45) is 5.92 Å². The van der Waals surface area contributed by atoms with Gasteiger partial charge in [0.15, 0.2) is 0 Å². The van der Waals surface area contributed by atoms with Crippen LogP contribution in [0, 0.1) is 5.92 Å². The fourth-order valence-corrected chi connectivity index (χ4v) is 3.25. The molecule has 3 nitrogen and oxygen atoms in total. The summed E-state index contributed by atoms with van der Waals surface area (Å²) in [7, 11) is 1.82. The monoisotopic (exact) mass is 296 g/mol. The minimum absolute atomic E-state index is 0.0507. The number of likely N-dealkylation sites (N-methyl/N-ethyl adjacent to an activating group) is 1. The highest BCUT2D eigenvalue weighted by atomic mass is 19.4. The maximum Gasteiger partial charge on any atom is 0.401 e. The highest BCUT2D eigenvalue weighted by Gasteiger charge is 2.41. The summed E-state index contributed by atoms with van der Waals surface area (Å²) in [5.41, 5.74) is -0.305. The van der Waals surface area contributed by atoms with E-state index in [2.05, 4.69) is 5.32 Å². The van der Waals surface area contributed by atoms with Gasteiger partial charge in [-0.3, -0.25) is 4.90 Å². The van der Waals surface area contributed by atoms with Gasteiger partial charge in [0.1, 0.15) is 0 Å². The van der Waals surface area contributed by atoms with Crippen LogP contribution in [0.4, 0.5) is 13.2 Å². The lowest BCUT2D eigenvalue weighted by Gasteiger charge is -2.36. The molecule has 0 spiro atoms. The van der Waals surface area contributed by atoms with Crippen molar-refractivity contribution in [2.75, 3.05) is 26.7 Å². The molecule has 0 aromatic heterocycles. The molecule has 1 fully saturated rings. The molecule has 2 N–H and O–H groups in total. The summed E-state index contributed by atoms with van der Waals surface area (Å²) in [6.07, 6.45) is -0.579. The lowest BCUT2D eigenvalue weighted by Crippen LogP contribution is -2.50. The number of nitrogens with zero attached hydrogens (tertiary/aromatic N) is 1. The molecule has 6 heteroatoms.